The van der Waals surface area contributed by atoms with E-state index in [4.69, 9.17) is 4.74 Å². The summed E-state index contributed by atoms with van der Waals surface area (Å²) in [6, 6.07) is 12.0. The molecule has 0 radical (unpaired) electrons. The number of carbonyl (C=O) groups excluding carboxylic acids is 1. The number of fused-ring (bicyclic) bond motifs is 4. The molecule has 3 heterocycles. The van der Waals surface area contributed by atoms with Gasteiger partial charge in [-0.3, -0.25) is 4.79 Å². The maximum absolute atomic E-state index is 12.6. The molecule has 0 saturated carbocycles. The second-order valence-electron chi connectivity index (χ2n) is 6.61. The summed E-state index contributed by atoms with van der Waals surface area (Å²) in [5.74, 6) is 1.52. The molecular weight excluding hydrogens is 288 g/mol. The van der Waals surface area contributed by atoms with Gasteiger partial charge >= 0.3 is 0 Å². The summed E-state index contributed by atoms with van der Waals surface area (Å²) in [5.41, 5.74) is 0.724. The Morgan fingerprint density at radius 2 is 2.04 bits per heavy atom. The first-order chi connectivity index (χ1) is 11.2. The van der Waals surface area contributed by atoms with Gasteiger partial charge < -0.3 is 15.0 Å². The van der Waals surface area contributed by atoms with E-state index >= 15 is 0 Å². The lowest BCUT2D eigenvalue weighted by atomic mass is 9.84. The standard InChI is InChI=1S/C19H22N2O2/c1-23-18-4-2-3-14-11-15(5-6-16(14)18)19(22)20-17-12-21-9-7-13(17)8-10-21/h2-6,11,13,17H,7-10,12H2,1H3,(H,20,22)/t17-/m0/s1. The average Bonchev–Trinajstić information content (AvgIpc) is 2.61. The summed E-state index contributed by atoms with van der Waals surface area (Å²) in [4.78, 5) is 15.1. The number of nitrogens with one attached hydrogen (secondary N) is 1. The van der Waals surface area contributed by atoms with E-state index in [1.165, 1.54) is 25.9 Å². The van der Waals surface area contributed by atoms with Crippen LogP contribution in [0.1, 0.15) is 23.2 Å². The Kier molecular flexibility index (Phi) is 3.69. The number of hydrogen-bond donors (Lipinski definition) is 1. The maximum atomic E-state index is 12.6. The Balaban J connectivity index is 1.55. The lowest BCUT2D eigenvalue weighted by molar-refractivity contribution is 0.0620. The summed E-state index contributed by atoms with van der Waals surface area (Å²) < 4.78 is 5.38. The highest BCUT2D eigenvalue weighted by Crippen LogP contribution is 2.29. The first-order valence-electron chi connectivity index (χ1n) is 8.34. The van der Waals surface area contributed by atoms with Gasteiger partial charge in [-0.2, -0.15) is 0 Å². The SMILES string of the molecule is COc1cccc2cc(C(=O)N[C@H]3CN4CCC3CC4)ccc12. The number of methoxy groups -OCH3 is 1. The normalized spacial score (nSPS) is 26.2. The van der Waals surface area contributed by atoms with Gasteiger partial charge in [-0.05, 0) is 61.5 Å². The molecule has 2 aromatic rings. The van der Waals surface area contributed by atoms with Crippen LogP contribution in [-0.2, 0) is 0 Å². The van der Waals surface area contributed by atoms with Crippen LogP contribution in [0.5, 0.6) is 5.75 Å². The van der Waals surface area contributed by atoms with E-state index in [2.05, 4.69) is 10.2 Å². The minimum atomic E-state index is 0.0356. The van der Waals surface area contributed by atoms with E-state index in [-0.39, 0.29) is 5.91 Å². The summed E-state index contributed by atoms with van der Waals surface area (Å²) in [6.45, 7) is 3.37. The Hall–Kier alpha value is -2.07. The van der Waals surface area contributed by atoms with Crippen molar-refractivity contribution >= 4 is 16.7 Å². The van der Waals surface area contributed by atoms with Crippen LogP contribution in [0.3, 0.4) is 0 Å². The molecule has 3 fully saturated rings. The zero-order chi connectivity index (χ0) is 15.8. The predicted octanol–water partition coefficient (Wildman–Crippen LogP) is 2.67. The number of benzene rings is 2. The number of amides is 1. The van der Waals surface area contributed by atoms with Crippen molar-refractivity contribution in [1.29, 1.82) is 0 Å². The largest absolute Gasteiger partial charge is 0.496 e. The van der Waals surface area contributed by atoms with Gasteiger partial charge in [-0.15, -0.1) is 0 Å². The van der Waals surface area contributed by atoms with Crippen LogP contribution < -0.4 is 10.1 Å². The molecule has 0 aromatic heterocycles. The molecule has 23 heavy (non-hydrogen) atoms. The fourth-order valence-electron chi connectivity index (χ4n) is 3.95. The third-order valence-electron chi connectivity index (χ3n) is 5.30. The van der Waals surface area contributed by atoms with E-state index in [0.717, 1.165) is 28.6 Å². The van der Waals surface area contributed by atoms with Crippen molar-refractivity contribution < 1.29 is 9.53 Å². The summed E-state index contributed by atoms with van der Waals surface area (Å²) in [5, 5.41) is 5.32. The summed E-state index contributed by atoms with van der Waals surface area (Å²) in [6.07, 6.45) is 2.42. The number of hydrogen-bond acceptors (Lipinski definition) is 3. The van der Waals surface area contributed by atoms with Crippen LogP contribution in [0.25, 0.3) is 10.8 Å². The fraction of sp³-hybridized carbons (Fsp3) is 0.421. The summed E-state index contributed by atoms with van der Waals surface area (Å²) in [7, 11) is 1.67. The highest BCUT2D eigenvalue weighted by molar-refractivity contribution is 6.00. The molecule has 4 heteroatoms. The Morgan fingerprint density at radius 3 is 2.74 bits per heavy atom. The van der Waals surface area contributed by atoms with Crippen molar-refractivity contribution in [3.8, 4) is 5.75 Å². The van der Waals surface area contributed by atoms with E-state index in [1.807, 2.05) is 36.4 Å². The van der Waals surface area contributed by atoms with Gasteiger partial charge in [0.1, 0.15) is 5.75 Å². The van der Waals surface area contributed by atoms with Crippen molar-refractivity contribution in [2.24, 2.45) is 5.92 Å². The van der Waals surface area contributed by atoms with Crippen molar-refractivity contribution in [2.45, 2.75) is 18.9 Å². The molecule has 2 bridgehead atoms. The minimum Gasteiger partial charge on any atom is -0.496 e. The van der Waals surface area contributed by atoms with Crippen molar-refractivity contribution in [3.05, 3.63) is 42.0 Å². The van der Waals surface area contributed by atoms with Crippen molar-refractivity contribution in [2.75, 3.05) is 26.7 Å². The van der Waals surface area contributed by atoms with Crippen LogP contribution in [0.2, 0.25) is 0 Å². The third kappa shape index (κ3) is 2.68. The Bertz CT molecular complexity index is 735. The van der Waals surface area contributed by atoms with Crippen LogP contribution >= 0.6 is 0 Å². The highest BCUT2D eigenvalue weighted by atomic mass is 16.5. The molecule has 120 valence electrons. The molecule has 1 N–H and O–H groups in total. The summed E-state index contributed by atoms with van der Waals surface area (Å²) >= 11 is 0. The zero-order valence-corrected chi connectivity index (χ0v) is 13.4. The van der Waals surface area contributed by atoms with Crippen LogP contribution in [-0.4, -0.2) is 43.6 Å². The first kappa shape index (κ1) is 14.5. The molecule has 1 amide bonds. The average molecular weight is 310 g/mol. The quantitative estimate of drug-likeness (QED) is 0.947. The number of piperidine rings is 3. The molecule has 1 atom stereocenters. The molecule has 3 aliphatic heterocycles. The fourth-order valence-corrected chi connectivity index (χ4v) is 3.95. The first-order valence-corrected chi connectivity index (χ1v) is 8.34. The van der Waals surface area contributed by atoms with E-state index in [1.54, 1.807) is 7.11 Å². The van der Waals surface area contributed by atoms with Gasteiger partial charge in [0.15, 0.2) is 0 Å². The molecule has 0 aliphatic carbocycles. The minimum absolute atomic E-state index is 0.0356. The molecule has 2 aromatic carbocycles. The molecule has 0 unspecified atom stereocenters. The number of rotatable bonds is 3. The lowest BCUT2D eigenvalue weighted by Crippen LogP contribution is -2.57. The molecule has 3 aliphatic rings. The van der Waals surface area contributed by atoms with Crippen LogP contribution in [0, 0.1) is 5.92 Å². The lowest BCUT2D eigenvalue weighted by Gasteiger charge is -2.44. The van der Waals surface area contributed by atoms with E-state index in [9.17, 15) is 4.79 Å². The maximum Gasteiger partial charge on any atom is 0.251 e. The highest BCUT2D eigenvalue weighted by Gasteiger charge is 2.34. The second kappa shape index (κ2) is 5.85. The topological polar surface area (TPSA) is 41.6 Å². The predicted molar refractivity (Wildman–Crippen MR) is 90.9 cm³/mol. The smallest absolute Gasteiger partial charge is 0.251 e. The van der Waals surface area contributed by atoms with Crippen molar-refractivity contribution in [1.82, 2.24) is 10.2 Å². The Morgan fingerprint density at radius 1 is 1.22 bits per heavy atom. The van der Waals surface area contributed by atoms with Crippen molar-refractivity contribution in [3.63, 3.8) is 0 Å². The van der Waals surface area contributed by atoms with Gasteiger partial charge in [0.25, 0.3) is 5.91 Å². The second-order valence-corrected chi connectivity index (χ2v) is 6.61. The zero-order valence-electron chi connectivity index (χ0n) is 13.4. The number of carbonyl (C=O) groups is 1. The molecule has 0 spiro atoms. The van der Waals surface area contributed by atoms with Gasteiger partial charge in [0.2, 0.25) is 0 Å². The van der Waals surface area contributed by atoms with E-state index in [0.29, 0.717) is 12.0 Å². The van der Waals surface area contributed by atoms with Gasteiger partial charge in [-0.1, -0.05) is 12.1 Å². The van der Waals surface area contributed by atoms with Gasteiger partial charge in [0.05, 0.1) is 7.11 Å². The third-order valence-corrected chi connectivity index (χ3v) is 5.30. The van der Waals surface area contributed by atoms with Gasteiger partial charge in [0, 0.05) is 23.5 Å². The molecule has 5 rings (SSSR count). The molecule has 3 saturated heterocycles. The van der Waals surface area contributed by atoms with E-state index < -0.39 is 0 Å². The number of ether oxygens (including phenoxy) is 1. The van der Waals surface area contributed by atoms with Crippen LogP contribution in [0.4, 0.5) is 0 Å². The van der Waals surface area contributed by atoms with Crippen LogP contribution in [0.15, 0.2) is 36.4 Å². The Labute approximate surface area is 136 Å². The molecule has 4 nitrogen and oxygen atoms in total. The number of nitrogens with zero attached hydrogens (tertiary/aromatic N) is 1. The van der Waals surface area contributed by atoms with Gasteiger partial charge in [-0.25, -0.2) is 0 Å². The monoisotopic (exact) mass is 310 g/mol. The molecular formula is C19H22N2O2.